The first-order valence-corrected chi connectivity index (χ1v) is 7.61. The standard InChI is InChI=1S/C18H16ClN3O/c1-12-11-13(2)22(21-12)17-9-7-16(8-10-17)20-18(23)14-3-5-15(19)6-4-14/h3-11H,1-2H3,(H,20,23). The minimum atomic E-state index is -0.166. The van der Waals surface area contributed by atoms with E-state index in [1.165, 1.54) is 0 Å². The van der Waals surface area contributed by atoms with E-state index in [0.29, 0.717) is 10.6 Å². The molecule has 0 aliphatic carbocycles. The lowest BCUT2D eigenvalue weighted by Crippen LogP contribution is -2.11. The maximum Gasteiger partial charge on any atom is 0.255 e. The van der Waals surface area contributed by atoms with E-state index in [-0.39, 0.29) is 5.91 Å². The molecule has 116 valence electrons. The molecule has 0 saturated heterocycles. The maximum atomic E-state index is 12.2. The van der Waals surface area contributed by atoms with E-state index in [1.807, 2.05) is 48.9 Å². The van der Waals surface area contributed by atoms with Crippen molar-refractivity contribution in [3.63, 3.8) is 0 Å². The van der Waals surface area contributed by atoms with Crippen molar-refractivity contribution < 1.29 is 4.79 Å². The van der Waals surface area contributed by atoms with Gasteiger partial charge in [-0.05, 0) is 68.4 Å². The lowest BCUT2D eigenvalue weighted by molar-refractivity contribution is 0.102. The fourth-order valence-corrected chi connectivity index (χ4v) is 2.51. The number of aromatic nitrogens is 2. The van der Waals surface area contributed by atoms with E-state index in [4.69, 9.17) is 11.6 Å². The van der Waals surface area contributed by atoms with Gasteiger partial charge in [0.15, 0.2) is 0 Å². The van der Waals surface area contributed by atoms with Crippen LogP contribution in [0.5, 0.6) is 0 Å². The van der Waals surface area contributed by atoms with E-state index < -0.39 is 0 Å². The first kappa shape index (κ1) is 15.3. The highest BCUT2D eigenvalue weighted by Crippen LogP contribution is 2.17. The van der Waals surface area contributed by atoms with Crippen LogP contribution in [0.25, 0.3) is 5.69 Å². The Morgan fingerprint density at radius 1 is 1.04 bits per heavy atom. The minimum Gasteiger partial charge on any atom is -0.322 e. The Kier molecular flexibility index (Phi) is 4.17. The van der Waals surface area contributed by atoms with Crippen molar-refractivity contribution in [3.05, 3.63) is 76.6 Å². The number of carbonyl (C=O) groups is 1. The number of amides is 1. The molecule has 1 N–H and O–H groups in total. The van der Waals surface area contributed by atoms with E-state index in [0.717, 1.165) is 22.8 Å². The molecule has 5 heteroatoms. The molecule has 0 saturated carbocycles. The zero-order valence-corrected chi connectivity index (χ0v) is 13.6. The molecule has 2 aromatic carbocycles. The molecule has 0 aliphatic heterocycles. The number of nitrogens with one attached hydrogen (secondary N) is 1. The third kappa shape index (κ3) is 3.43. The number of anilines is 1. The summed E-state index contributed by atoms with van der Waals surface area (Å²) in [5, 5.41) is 7.92. The van der Waals surface area contributed by atoms with Gasteiger partial charge in [-0.25, -0.2) is 4.68 Å². The van der Waals surface area contributed by atoms with E-state index in [9.17, 15) is 4.79 Å². The molecule has 1 aromatic heterocycles. The molecule has 3 rings (SSSR count). The van der Waals surface area contributed by atoms with Gasteiger partial charge in [0.2, 0.25) is 0 Å². The van der Waals surface area contributed by atoms with E-state index in [1.54, 1.807) is 24.3 Å². The fraction of sp³-hybridized carbons (Fsp3) is 0.111. The molecule has 0 atom stereocenters. The van der Waals surface area contributed by atoms with Crippen LogP contribution >= 0.6 is 11.6 Å². The SMILES string of the molecule is Cc1cc(C)n(-c2ccc(NC(=O)c3ccc(Cl)cc3)cc2)n1. The minimum absolute atomic E-state index is 0.166. The molecule has 0 aliphatic rings. The summed E-state index contributed by atoms with van der Waals surface area (Å²) in [6, 6.07) is 16.4. The van der Waals surface area contributed by atoms with Crippen molar-refractivity contribution in [2.45, 2.75) is 13.8 Å². The predicted octanol–water partition coefficient (Wildman–Crippen LogP) is 4.39. The van der Waals surface area contributed by atoms with Crippen LogP contribution in [-0.4, -0.2) is 15.7 Å². The molecule has 23 heavy (non-hydrogen) atoms. The second-order valence-electron chi connectivity index (χ2n) is 5.35. The number of halogens is 1. The van der Waals surface area contributed by atoms with Crippen molar-refractivity contribution >= 4 is 23.2 Å². The Bertz CT molecular complexity index is 836. The molecule has 0 bridgehead atoms. The van der Waals surface area contributed by atoms with Gasteiger partial charge in [0.25, 0.3) is 5.91 Å². The first-order chi connectivity index (χ1) is 11.0. The lowest BCUT2D eigenvalue weighted by atomic mass is 10.2. The number of nitrogens with zero attached hydrogens (tertiary/aromatic N) is 2. The summed E-state index contributed by atoms with van der Waals surface area (Å²) >= 11 is 5.83. The van der Waals surface area contributed by atoms with Gasteiger partial charge in [0.05, 0.1) is 11.4 Å². The summed E-state index contributed by atoms with van der Waals surface area (Å²) in [5.41, 5.74) is 4.30. The molecule has 0 radical (unpaired) electrons. The van der Waals surface area contributed by atoms with Crippen LogP contribution in [0, 0.1) is 13.8 Å². The van der Waals surface area contributed by atoms with Gasteiger partial charge in [-0.3, -0.25) is 4.79 Å². The van der Waals surface area contributed by atoms with Crippen LogP contribution in [0.2, 0.25) is 5.02 Å². The monoisotopic (exact) mass is 325 g/mol. The van der Waals surface area contributed by atoms with Gasteiger partial charge < -0.3 is 5.32 Å². The maximum absolute atomic E-state index is 12.2. The average molecular weight is 326 g/mol. The zero-order valence-electron chi connectivity index (χ0n) is 12.9. The quantitative estimate of drug-likeness (QED) is 0.776. The summed E-state index contributed by atoms with van der Waals surface area (Å²) in [7, 11) is 0. The number of carbonyl (C=O) groups excluding carboxylic acids is 1. The third-order valence-corrected chi connectivity index (χ3v) is 3.74. The summed E-state index contributed by atoms with van der Waals surface area (Å²) in [4.78, 5) is 12.2. The largest absolute Gasteiger partial charge is 0.322 e. The highest BCUT2D eigenvalue weighted by molar-refractivity contribution is 6.30. The molecule has 0 fully saturated rings. The van der Waals surface area contributed by atoms with Crippen molar-refractivity contribution in [3.8, 4) is 5.69 Å². The molecule has 3 aromatic rings. The molecule has 0 unspecified atom stereocenters. The van der Waals surface area contributed by atoms with Crippen LogP contribution in [0.1, 0.15) is 21.7 Å². The van der Waals surface area contributed by atoms with Crippen LogP contribution < -0.4 is 5.32 Å². The number of benzene rings is 2. The Labute approximate surface area is 139 Å². The second-order valence-corrected chi connectivity index (χ2v) is 5.78. The summed E-state index contributed by atoms with van der Waals surface area (Å²) < 4.78 is 1.88. The highest BCUT2D eigenvalue weighted by Gasteiger charge is 2.07. The van der Waals surface area contributed by atoms with Crippen molar-refractivity contribution in [2.75, 3.05) is 5.32 Å². The summed E-state index contributed by atoms with van der Waals surface area (Å²) in [6.07, 6.45) is 0. The van der Waals surface area contributed by atoms with Crippen LogP contribution in [0.15, 0.2) is 54.6 Å². The predicted molar refractivity (Wildman–Crippen MR) is 92.4 cm³/mol. The summed E-state index contributed by atoms with van der Waals surface area (Å²) in [5.74, 6) is -0.166. The molecule has 1 heterocycles. The molecule has 4 nitrogen and oxygen atoms in total. The second kappa shape index (κ2) is 6.26. The van der Waals surface area contributed by atoms with Crippen LogP contribution in [0.3, 0.4) is 0 Å². The van der Waals surface area contributed by atoms with Crippen molar-refractivity contribution in [1.82, 2.24) is 9.78 Å². The van der Waals surface area contributed by atoms with E-state index >= 15 is 0 Å². The number of rotatable bonds is 3. The fourth-order valence-electron chi connectivity index (χ4n) is 2.38. The smallest absolute Gasteiger partial charge is 0.255 e. The number of aryl methyl sites for hydroxylation is 2. The Morgan fingerprint density at radius 3 is 2.26 bits per heavy atom. The van der Waals surface area contributed by atoms with Crippen LogP contribution in [-0.2, 0) is 0 Å². The number of hydrogen-bond donors (Lipinski definition) is 1. The topological polar surface area (TPSA) is 46.9 Å². The molecule has 1 amide bonds. The zero-order chi connectivity index (χ0) is 16.4. The molecular weight excluding hydrogens is 310 g/mol. The Morgan fingerprint density at radius 2 is 1.70 bits per heavy atom. The Hall–Kier alpha value is -2.59. The average Bonchev–Trinajstić information content (AvgIpc) is 2.87. The lowest BCUT2D eigenvalue weighted by Gasteiger charge is -2.08. The van der Waals surface area contributed by atoms with Gasteiger partial charge in [-0.15, -0.1) is 0 Å². The van der Waals surface area contributed by atoms with Gasteiger partial charge >= 0.3 is 0 Å². The summed E-state index contributed by atoms with van der Waals surface area (Å²) in [6.45, 7) is 3.97. The van der Waals surface area contributed by atoms with Crippen LogP contribution in [0.4, 0.5) is 5.69 Å². The van der Waals surface area contributed by atoms with Gasteiger partial charge in [-0.1, -0.05) is 11.6 Å². The van der Waals surface area contributed by atoms with E-state index in [2.05, 4.69) is 10.4 Å². The third-order valence-electron chi connectivity index (χ3n) is 3.49. The first-order valence-electron chi connectivity index (χ1n) is 7.23. The molecule has 0 spiro atoms. The normalized spacial score (nSPS) is 10.6. The van der Waals surface area contributed by atoms with Crippen molar-refractivity contribution in [1.29, 1.82) is 0 Å². The van der Waals surface area contributed by atoms with Gasteiger partial charge in [-0.2, -0.15) is 5.10 Å². The van der Waals surface area contributed by atoms with Gasteiger partial charge in [0, 0.05) is 22.0 Å². The number of hydrogen-bond acceptors (Lipinski definition) is 2. The molecular formula is C18H16ClN3O. The van der Waals surface area contributed by atoms with Crippen molar-refractivity contribution in [2.24, 2.45) is 0 Å². The highest BCUT2D eigenvalue weighted by atomic mass is 35.5. The Balaban J connectivity index is 1.76. The van der Waals surface area contributed by atoms with Gasteiger partial charge in [0.1, 0.15) is 0 Å².